The van der Waals surface area contributed by atoms with Gasteiger partial charge in [-0.25, -0.2) is 4.79 Å². The SMILES string of the molecule is COC(=O)C(O)=CC(=O)N(C)Cc1ccc(C)cc1. The lowest BCUT2D eigenvalue weighted by Gasteiger charge is -2.15. The molecular formula is C14H17NO4. The minimum absolute atomic E-state index is 0.393. The number of hydrogen-bond donors (Lipinski definition) is 1. The molecule has 1 N–H and O–H groups in total. The number of hydrogen-bond acceptors (Lipinski definition) is 4. The largest absolute Gasteiger partial charge is 0.502 e. The van der Waals surface area contributed by atoms with Crippen molar-refractivity contribution in [3.05, 3.63) is 47.2 Å². The van der Waals surface area contributed by atoms with Gasteiger partial charge in [0, 0.05) is 13.6 Å². The third-order valence-electron chi connectivity index (χ3n) is 2.57. The molecule has 5 heteroatoms. The van der Waals surface area contributed by atoms with Crippen LogP contribution in [0.15, 0.2) is 36.1 Å². The summed E-state index contributed by atoms with van der Waals surface area (Å²) in [4.78, 5) is 24.1. The van der Waals surface area contributed by atoms with E-state index in [-0.39, 0.29) is 0 Å². The van der Waals surface area contributed by atoms with E-state index in [4.69, 9.17) is 0 Å². The van der Waals surface area contributed by atoms with Crippen molar-refractivity contribution in [2.24, 2.45) is 0 Å². The molecule has 1 aromatic carbocycles. The number of nitrogens with zero attached hydrogens (tertiary/aromatic N) is 1. The van der Waals surface area contributed by atoms with Gasteiger partial charge in [-0.05, 0) is 12.5 Å². The molecule has 0 spiro atoms. The van der Waals surface area contributed by atoms with Crippen molar-refractivity contribution < 1.29 is 19.4 Å². The lowest BCUT2D eigenvalue weighted by molar-refractivity contribution is -0.139. The predicted molar refractivity (Wildman–Crippen MR) is 70.4 cm³/mol. The number of carbonyl (C=O) groups is 2. The van der Waals surface area contributed by atoms with Crippen molar-refractivity contribution in [1.29, 1.82) is 0 Å². The fraction of sp³-hybridized carbons (Fsp3) is 0.286. The first-order valence-corrected chi connectivity index (χ1v) is 5.73. The number of amides is 1. The van der Waals surface area contributed by atoms with Crippen molar-refractivity contribution in [3.63, 3.8) is 0 Å². The first-order valence-electron chi connectivity index (χ1n) is 5.73. The van der Waals surface area contributed by atoms with Gasteiger partial charge in [-0.15, -0.1) is 0 Å². The molecule has 0 fully saturated rings. The standard InChI is InChI=1S/C14H17NO4/c1-10-4-6-11(7-5-10)9-15(2)13(17)8-12(16)14(18)19-3/h4-8,16H,9H2,1-3H3. The van der Waals surface area contributed by atoms with Crippen molar-refractivity contribution in [2.75, 3.05) is 14.2 Å². The van der Waals surface area contributed by atoms with E-state index in [0.717, 1.165) is 24.3 Å². The normalized spacial score (nSPS) is 11.0. The molecule has 0 radical (unpaired) electrons. The Kier molecular flexibility index (Phi) is 5.11. The third kappa shape index (κ3) is 4.46. The summed E-state index contributed by atoms with van der Waals surface area (Å²) in [6.45, 7) is 2.37. The molecule has 0 aliphatic heterocycles. The molecule has 0 atom stereocenters. The molecule has 1 aromatic rings. The van der Waals surface area contributed by atoms with Crippen LogP contribution in [-0.2, 0) is 20.9 Å². The molecular weight excluding hydrogens is 246 g/mol. The second-order valence-corrected chi connectivity index (χ2v) is 4.20. The summed E-state index contributed by atoms with van der Waals surface area (Å²) in [6, 6.07) is 7.75. The maximum absolute atomic E-state index is 11.7. The van der Waals surface area contributed by atoms with Gasteiger partial charge in [0.15, 0.2) is 0 Å². The topological polar surface area (TPSA) is 66.8 Å². The molecule has 1 amide bonds. The van der Waals surface area contributed by atoms with Gasteiger partial charge >= 0.3 is 5.97 Å². The molecule has 1 rings (SSSR count). The van der Waals surface area contributed by atoms with Gasteiger partial charge in [0.1, 0.15) is 0 Å². The van der Waals surface area contributed by atoms with E-state index in [1.807, 2.05) is 31.2 Å². The zero-order valence-electron chi connectivity index (χ0n) is 11.2. The number of methoxy groups -OCH3 is 1. The van der Waals surface area contributed by atoms with Crippen LogP contribution in [0.2, 0.25) is 0 Å². The lowest BCUT2D eigenvalue weighted by atomic mass is 10.1. The number of rotatable bonds is 4. The maximum Gasteiger partial charge on any atom is 0.373 e. The zero-order chi connectivity index (χ0) is 14.4. The molecule has 5 nitrogen and oxygen atoms in total. The van der Waals surface area contributed by atoms with Crippen LogP contribution in [0.4, 0.5) is 0 Å². The highest BCUT2D eigenvalue weighted by atomic mass is 16.5. The monoisotopic (exact) mass is 263 g/mol. The van der Waals surface area contributed by atoms with E-state index in [1.165, 1.54) is 4.90 Å². The van der Waals surface area contributed by atoms with Crippen molar-refractivity contribution in [2.45, 2.75) is 13.5 Å². The Hall–Kier alpha value is -2.30. The van der Waals surface area contributed by atoms with Crippen LogP contribution in [-0.4, -0.2) is 36.0 Å². The molecule has 0 bridgehead atoms. The minimum Gasteiger partial charge on any atom is -0.502 e. The molecule has 0 heterocycles. The summed E-state index contributed by atoms with van der Waals surface area (Å²) >= 11 is 0. The quantitative estimate of drug-likeness (QED) is 0.508. The smallest absolute Gasteiger partial charge is 0.373 e. The van der Waals surface area contributed by atoms with Crippen LogP contribution >= 0.6 is 0 Å². The van der Waals surface area contributed by atoms with Crippen molar-refractivity contribution in [3.8, 4) is 0 Å². The first kappa shape index (κ1) is 14.8. The Morgan fingerprint density at radius 1 is 1.32 bits per heavy atom. The van der Waals surface area contributed by atoms with Crippen molar-refractivity contribution >= 4 is 11.9 Å². The number of aliphatic hydroxyl groups is 1. The van der Waals surface area contributed by atoms with Crippen molar-refractivity contribution in [1.82, 2.24) is 4.90 Å². The third-order valence-corrected chi connectivity index (χ3v) is 2.57. The molecule has 0 saturated carbocycles. The maximum atomic E-state index is 11.7. The molecule has 102 valence electrons. The lowest BCUT2D eigenvalue weighted by Crippen LogP contribution is -2.25. The van der Waals surface area contributed by atoms with E-state index in [0.29, 0.717) is 6.54 Å². The fourth-order valence-corrected chi connectivity index (χ4v) is 1.44. The Labute approximate surface area is 112 Å². The molecule has 0 aliphatic rings. The fourth-order valence-electron chi connectivity index (χ4n) is 1.44. The highest BCUT2D eigenvalue weighted by Crippen LogP contribution is 2.06. The van der Waals surface area contributed by atoms with E-state index in [1.54, 1.807) is 7.05 Å². The number of aryl methyl sites for hydroxylation is 1. The van der Waals surface area contributed by atoms with Gasteiger partial charge in [-0.1, -0.05) is 29.8 Å². The van der Waals surface area contributed by atoms with Crippen LogP contribution in [0.1, 0.15) is 11.1 Å². The molecule has 0 aromatic heterocycles. The van der Waals surface area contributed by atoms with E-state index in [9.17, 15) is 14.7 Å². The highest BCUT2D eigenvalue weighted by molar-refractivity contribution is 5.96. The second kappa shape index (κ2) is 6.58. The number of aliphatic hydroxyl groups excluding tert-OH is 1. The van der Waals surface area contributed by atoms with Gasteiger partial charge in [-0.3, -0.25) is 4.79 Å². The van der Waals surface area contributed by atoms with Crippen LogP contribution in [0.3, 0.4) is 0 Å². The summed E-state index contributed by atoms with van der Waals surface area (Å²) < 4.78 is 4.30. The summed E-state index contributed by atoms with van der Waals surface area (Å²) in [6.07, 6.45) is 0.847. The van der Waals surface area contributed by atoms with Crippen LogP contribution < -0.4 is 0 Å². The summed E-state index contributed by atoms with van der Waals surface area (Å²) in [7, 11) is 2.72. The minimum atomic E-state index is -0.933. The highest BCUT2D eigenvalue weighted by Gasteiger charge is 2.12. The second-order valence-electron chi connectivity index (χ2n) is 4.20. The average Bonchev–Trinajstić information content (AvgIpc) is 2.40. The molecule has 19 heavy (non-hydrogen) atoms. The molecule has 0 saturated heterocycles. The number of carbonyl (C=O) groups excluding carboxylic acids is 2. The number of ether oxygens (including phenoxy) is 1. The van der Waals surface area contributed by atoms with Gasteiger partial charge in [-0.2, -0.15) is 0 Å². The Bertz CT molecular complexity index is 491. The Morgan fingerprint density at radius 2 is 1.89 bits per heavy atom. The Balaban J connectivity index is 2.67. The number of esters is 1. The van der Waals surface area contributed by atoms with E-state index < -0.39 is 17.6 Å². The number of benzene rings is 1. The Morgan fingerprint density at radius 3 is 2.42 bits per heavy atom. The van der Waals surface area contributed by atoms with E-state index in [2.05, 4.69) is 4.74 Å². The van der Waals surface area contributed by atoms with Crippen LogP contribution in [0.5, 0.6) is 0 Å². The summed E-state index contributed by atoms with van der Waals surface area (Å²) in [5, 5.41) is 9.28. The first-order chi connectivity index (χ1) is 8.93. The van der Waals surface area contributed by atoms with Crippen LogP contribution in [0.25, 0.3) is 0 Å². The number of likely N-dealkylation sites (N-methyl/N-ethyl adjacent to an activating group) is 1. The molecule has 0 aliphatic carbocycles. The predicted octanol–water partition coefficient (Wildman–Crippen LogP) is 1.57. The summed E-state index contributed by atoms with van der Waals surface area (Å²) in [5.74, 6) is -2.11. The van der Waals surface area contributed by atoms with Gasteiger partial charge in [0.2, 0.25) is 5.76 Å². The summed E-state index contributed by atoms with van der Waals surface area (Å²) in [5.41, 5.74) is 2.10. The van der Waals surface area contributed by atoms with Crippen LogP contribution in [0, 0.1) is 6.92 Å². The van der Waals surface area contributed by atoms with Gasteiger partial charge in [0.05, 0.1) is 13.2 Å². The molecule has 0 unspecified atom stereocenters. The van der Waals surface area contributed by atoms with E-state index >= 15 is 0 Å². The zero-order valence-corrected chi connectivity index (χ0v) is 11.2. The van der Waals surface area contributed by atoms with Gasteiger partial charge < -0.3 is 14.7 Å². The average molecular weight is 263 g/mol. The van der Waals surface area contributed by atoms with Gasteiger partial charge in [0.25, 0.3) is 5.91 Å².